The van der Waals surface area contributed by atoms with Crippen LogP contribution in [0.25, 0.3) is 0 Å². The fourth-order valence-electron chi connectivity index (χ4n) is 2.99. The molecular formula is C23H21BrN2O4. The summed E-state index contributed by atoms with van der Waals surface area (Å²) in [7, 11) is 3.11. The second-order valence-corrected chi connectivity index (χ2v) is 7.17. The van der Waals surface area contributed by atoms with E-state index < -0.39 is 0 Å². The Balaban J connectivity index is 1.77. The SMILES string of the molecule is COc1cccc(CNC(=O)c2ccccc2NC(=O)c2ccccc2Br)c1OC. The normalized spacial score (nSPS) is 10.2. The molecule has 0 fully saturated rings. The van der Waals surface area contributed by atoms with Crippen LogP contribution in [0.5, 0.6) is 11.5 Å². The van der Waals surface area contributed by atoms with Crippen molar-refractivity contribution in [3.63, 3.8) is 0 Å². The standard InChI is InChI=1S/C23H21BrN2O4/c1-29-20-13-7-8-15(21(20)30-2)14-25-22(27)17-10-4-6-12-19(17)26-23(28)16-9-3-5-11-18(16)24/h3-13H,14H2,1-2H3,(H,25,27)(H,26,28). The largest absolute Gasteiger partial charge is 0.493 e. The Morgan fingerprint density at radius 1 is 0.833 bits per heavy atom. The molecular weight excluding hydrogens is 448 g/mol. The maximum atomic E-state index is 12.8. The zero-order valence-corrected chi connectivity index (χ0v) is 18.2. The second-order valence-electron chi connectivity index (χ2n) is 6.31. The number of para-hydroxylation sites is 2. The highest BCUT2D eigenvalue weighted by molar-refractivity contribution is 9.10. The zero-order valence-electron chi connectivity index (χ0n) is 16.6. The molecule has 2 N–H and O–H groups in total. The highest BCUT2D eigenvalue weighted by Gasteiger charge is 2.16. The number of benzene rings is 3. The van der Waals surface area contributed by atoms with E-state index in [1.54, 1.807) is 62.8 Å². The molecule has 7 heteroatoms. The zero-order chi connectivity index (χ0) is 21.5. The molecule has 0 aliphatic rings. The Hall–Kier alpha value is -3.32. The first-order valence-corrected chi connectivity index (χ1v) is 9.97. The minimum atomic E-state index is -0.317. The molecule has 0 atom stereocenters. The van der Waals surface area contributed by atoms with Gasteiger partial charge in [-0.1, -0.05) is 36.4 Å². The average molecular weight is 469 g/mol. The highest BCUT2D eigenvalue weighted by Crippen LogP contribution is 2.30. The van der Waals surface area contributed by atoms with Crippen LogP contribution in [0.2, 0.25) is 0 Å². The molecule has 0 radical (unpaired) electrons. The molecule has 0 aliphatic carbocycles. The van der Waals surface area contributed by atoms with Gasteiger partial charge in [0.25, 0.3) is 11.8 Å². The maximum absolute atomic E-state index is 12.8. The lowest BCUT2D eigenvalue weighted by atomic mass is 10.1. The number of hydrogen-bond donors (Lipinski definition) is 2. The third kappa shape index (κ3) is 4.80. The van der Waals surface area contributed by atoms with Crippen molar-refractivity contribution in [3.8, 4) is 11.5 Å². The summed E-state index contributed by atoms with van der Waals surface area (Å²) in [4.78, 5) is 25.5. The van der Waals surface area contributed by atoms with Crippen LogP contribution in [0, 0.1) is 0 Å². The number of carbonyl (C=O) groups excluding carboxylic acids is 2. The molecule has 0 bridgehead atoms. The van der Waals surface area contributed by atoms with Gasteiger partial charge in [-0.15, -0.1) is 0 Å². The molecule has 0 aliphatic heterocycles. The van der Waals surface area contributed by atoms with Gasteiger partial charge >= 0.3 is 0 Å². The Kier molecular flexibility index (Phi) is 7.08. The van der Waals surface area contributed by atoms with Crippen LogP contribution >= 0.6 is 15.9 Å². The molecule has 0 saturated carbocycles. The van der Waals surface area contributed by atoms with Crippen molar-refractivity contribution in [1.82, 2.24) is 5.32 Å². The van der Waals surface area contributed by atoms with Crippen molar-refractivity contribution in [3.05, 3.63) is 87.9 Å². The predicted molar refractivity (Wildman–Crippen MR) is 119 cm³/mol. The van der Waals surface area contributed by atoms with Crippen LogP contribution in [0.4, 0.5) is 5.69 Å². The first-order valence-electron chi connectivity index (χ1n) is 9.18. The monoisotopic (exact) mass is 468 g/mol. The topological polar surface area (TPSA) is 76.7 Å². The summed E-state index contributed by atoms with van der Waals surface area (Å²) in [5.74, 6) is 0.529. The summed E-state index contributed by atoms with van der Waals surface area (Å²) >= 11 is 3.37. The fourth-order valence-corrected chi connectivity index (χ4v) is 3.45. The van der Waals surface area contributed by atoms with Gasteiger partial charge in [0.2, 0.25) is 0 Å². The van der Waals surface area contributed by atoms with Crippen molar-refractivity contribution in [1.29, 1.82) is 0 Å². The third-order valence-electron chi connectivity index (χ3n) is 4.46. The second kappa shape index (κ2) is 9.93. The number of amides is 2. The maximum Gasteiger partial charge on any atom is 0.256 e. The molecule has 0 heterocycles. The number of nitrogens with one attached hydrogen (secondary N) is 2. The summed E-state index contributed by atoms with van der Waals surface area (Å²) in [5.41, 5.74) is 2.04. The minimum Gasteiger partial charge on any atom is -0.493 e. The summed E-state index contributed by atoms with van der Waals surface area (Å²) in [5, 5.41) is 5.68. The van der Waals surface area contributed by atoms with Gasteiger partial charge in [0.15, 0.2) is 11.5 Å². The first-order chi connectivity index (χ1) is 14.5. The van der Waals surface area contributed by atoms with Gasteiger partial charge < -0.3 is 20.1 Å². The summed E-state index contributed by atoms with van der Waals surface area (Å²) in [6, 6.07) is 19.4. The van der Waals surface area contributed by atoms with Crippen molar-refractivity contribution in [2.45, 2.75) is 6.54 Å². The van der Waals surface area contributed by atoms with Gasteiger partial charge in [-0.3, -0.25) is 9.59 Å². The Labute approximate surface area is 183 Å². The van der Waals surface area contributed by atoms with E-state index in [9.17, 15) is 9.59 Å². The van der Waals surface area contributed by atoms with Gasteiger partial charge in [0.1, 0.15) is 0 Å². The molecule has 3 aromatic rings. The Morgan fingerprint density at radius 3 is 2.23 bits per heavy atom. The van der Waals surface area contributed by atoms with Crippen molar-refractivity contribution in [2.24, 2.45) is 0 Å². The Morgan fingerprint density at radius 2 is 1.53 bits per heavy atom. The molecule has 154 valence electrons. The molecule has 0 saturated heterocycles. The molecule has 0 aromatic heterocycles. The number of rotatable bonds is 7. The van der Waals surface area contributed by atoms with E-state index in [0.717, 1.165) is 5.56 Å². The van der Waals surface area contributed by atoms with Gasteiger partial charge in [0.05, 0.1) is 31.0 Å². The van der Waals surface area contributed by atoms with Gasteiger partial charge in [-0.2, -0.15) is 0 Å². The molecule has 6 nitrogen and oxygen atoms in total. The van der Waals surface area contributed by atoms with E-state index in [-0.39, 0.29) is 18.4 Å². The smallest absolute Gasteiger partial charge is 0.256 e. The number of carbonyl (C=O) groups is 2. The van der Waals surface area contributed by atoms with E-state index in [1.807, 2.05) is 18.2 Å². The van der Waals surface area contributed by atoms with Crippen molar-refractivity contribution < 1.29 is 19.1 Å². The molecule has 2 amide bonds. The first kappa shape index (κ1) is 21.4. The molecule has 0 unspecified atom stereocenters. The number of halogens is 1. The lowest BCUT2D eigenvalue weighted by Crippen LogP contribution is -2.25. The number of anilines is 1. The van der Waals surface area contributed by atoms with Gasteiger partial charge in [-0.05, 0) is 46.3 Å². The number of ether oxygens (including phenoxy) is 2. The molecule has 3 rings (SSSR count). The van der Waals surface area contributed by atoms with Crippen LogP contribution in [0.15, 0.2) is 71.2 Å². The highest BCUT2D eigenvalue weighted by atomic mass is 79.9. The van der Waals surface area contributed by atoms with Gasteiger partial charge in [0, 0.05) is 16.6 Å². The van der Waals surface area contributed by atoms with Crippen LogP contribution < -0.4 is 20.1 Å². The summed E-state index contributed by atoms with van der Waals surface area (Å²) in [6.45, 7) is 0.242. The van der Waals surface area contributed by atoms with Crippen LogP contribution in [-0.4, -0.2) is 26.0 Å². The number of hydrogen-bond acceptors (Lipinski definition) is 4. The van der Waals surface area contributed by atoms with Crippen LogP contribution in [0.3, 0.4) is 0 Å². The molecule has 3 aromatic carbocycles. The third-order valence-corrected chi connectivity index (χ3v) is 5.15. The van der Waals surface area contributed by atoms with Crippen LogP contribution in [-0.2, 0) is 6.54 Å². The van der Waals surface area contributed by atoms with E-state index in [0.29, 0.717) is 32.8 Å². The van der Waals surface area contributed by atoms with E-state index in [4.69, 9.17) is 9.47 Å². The quantitative estimate of drug-likeness (QED) is 0.529. The Bertz CT molecular complexity index is 1070. The predicted octanol–water partition coefficient (Wildman–Crippen LogP) is 4.65. The van der Waals surface area contributed by atoms with E-state index in [1.165, 1.54) is 0 Å². The average Bonchev–Trinajstić information content (AvgIpc) is 2.77. The van der Waals surface area contributed by atoms with Crippen molar-refractivity contribution >= 4 is 33.4 Å². The lowest BCUT2D eigenvalue weighted by molar-refractivity contribution is 0.0951. The van der Waals surface area contributed by atoms with E-state index in [2.05, 4.69) is 26.6 Å². The number of methoxy groups -OCH3 is 2. The van der Waals surface area contributed by atoms with Gasteiger partial charge in [-0.25, -0.2) is 0 Å². The fraction of sp³-hybridized carbons (Fsp3) is 0.130. The molecule has 0 spiro atoms. The summed E-state index contributed by atoms with van der Waals surface area (Å²) < 4.78 is 11.4. The van der Waals surface area contributed by atoms with Crippen molar-refractivity contribution in [2.75, 3.05) is 19.5 Å². The van der Waals surface area contributed by atoms with Crippen LogP contribution in [0.1, 0.15) is 26.3 Å². The minimum absolute atomic E-state index is 0.242. The van der Waals surface area contributed by atoms with E-state index >= 15 is 0 Å². The lowest BCUT2D eigenvalue weighted by Gasteiger charge is -2.14. The summed E-state index contributed by atoms with van der Waals surface area (Å²) in [6.07, 6.45) is 0. The molecule has 30 heavy (non-hydrogen) atoms.